The monoisotopic (exact) mass is 397 g/mol. The van der Waals surface area contributed by atoms with Crippen molar-refractivity contribution < 1.29 is 9.53 Å². The zero-order valence-electron chi connectivity index (χ0n) is 17.0. The Morgan fingerprint density at radius 3 is 2.30 bits per heavy atom. The van der Waals surface area contributed by atoms with Crippen molar-refractivity contribution >= 4 is 11.6 Å². The number of aryl methyl sites for hydroxylation is 1. The van der Waals surface area contributed by atoms with Crippen molar-refractivity contribution in [2.24, 2.45) is 0 Å². The molecule has 3 aromatic carbocycles. The molecule has 0 spiro atoms. The number of nitrogens with zero attached hydrogens (tertiary/aromatic N) is 2. The minimum absolute atomic E-state index is 0.202. The first-order valence-electron chi connectivity index (χ1n) is 9.87. The quantitative estimate of drug-likeness (QED) is 0.476. The van der Waals surface area contributed by atoms with Gasteiger partial charge in [-0.15, -0.1) is 0 Å². The number of nitrogens with one attached hydrogen (secondary N) is 1. The van der Waals surface area contributed by atoms with Gasteiger partial charge in [-0.25, -0.2) is 4.68 Å². The summed E-state index contributed by atoms with van der Waals surface area (Å²) in [6.45, 7) is 2.10. The first-order chi connectivity index (χ1) is 14.7. The van der Waals surface area contributed by atoms with E-state index < -0.39 is 0 Å². The minimum atomic E-state index is -0.202. The first kappa shape index (κ1) is 19.5. The van der Waals surface area contributed by atoms with E-state index in [0.717, 1.165) is 29.1 Å². The smallest absolute Gasteiger partial charge is 0.259 e. The second-order valence-electron chi connectivity index (χ2n) is 6.90. The summed E-state index contributed by atoms with van der Waals surface area (Å²) in [5.41, 5.74) is 4.83. The SMILES string of the molecule is CCc1ccc(NC(=O)c2cn(-c3ccccc3)nc2-c2ccc(OC)cc2)cc1. The number of aromatic nitrogens is 2. The van der Waals surface area contributed by atoms with Crippen molar-refractivity contribution in [3.63, 3.8) is 0 Å². The summed E-state index contributed by atoms with van der Waals surface area (Å²) in [5, 5.41) is 7.70. The summed E-state index contributed by atoms with van der Waals surface area (Å²) in [6.07, 6.45) is 2.73. The number of para-hydroxylation sites is 1. The number of hydrogen-bond acceptors (Lipinski definition) is 3. The molecule has 0 unspecified atom stereocenters. The van der Waals surface area contributed by atoms with Crippen LogP contribution in [0.5, 0.6) is 5.75 Å². The van der Waals surface area contributed by atoms with Gasteiger partial charge < -0.3 is 10.1 Å². The lowest BCUT2D eigenvalue weighted by atomic mass is 10.1. The Labute approximate surface area is 175 Å². The molecule has 0 fully saturated rings. The summed E-state index contributed by atoms with van der Waals surface area (Å²) in [7, 11) is 1.63. The Kier molecular flexibility index (Phi) is 5.61. The van der Waals surface area contributed by atoms with E-state index in [4.69, 9.17) is 9.84 Å². The number of carbonyl (C=O) groups is 1. The second-order valence-corrected chi connectivity index (χ2v) is 6.90. The molecule has 0 aliphatic carbocycles. The van der Waals surface area contributed by atoms with Gasteiger partial charge in [0, 0.05) is 17.4 Å². The summed E-state index contributed by atoms with van der Waals surface area (Å²) >= 11 is 0. The van der Waals surface area contributed by atoms with Crippen molar-refractivity contribution in [2.75, 3.05) is 12.4 Å². The van der Waals surface area contributed by atoms with Crippen LogP contribution < -0.4 is 10.1 Å². The van der Waals surface area contributed by atoms with Crippen LogP contribution in [0.15, 0.2) is 85.1 Å². The van der Waals surface area contributed by atoms with Crippen LogP contribution in [0.25, 0.3) is 16.9 Å². The van der Waals surface area contributed by atoms with Crippen LogP contribution in [0, 0.1) is 0 Å². The zero-order valence-corrected chi connectivity index (χ0v) is 17.0. The van der Waals surface area contributed by atoms with E-state index in [2.05, 4.69) is 12.2 Å². The van der Waals surface area contributed by atoms with Crippen LogP contribution in [0.4, 0.5) is 5.69 Å². The highest BCUT2D eigenvalue weighted by Crippen LogP contribution is 2.26. The number of rotatable bonds is 6. The fourth-order valence-electron chi connectivity index (χ4n) is 3.24. The molecule has 1 aromatic heterocycles. The molecule has 0 saturated heterocycles. The van der Waals surface area contributed by atoms with Gasteiger partial charge in [-0.2, -0.15) is 5.10 Å². The highest BCUT2D eigenvalue weighted by atomic mass is 16.5. The number of carbonyl (C=O) groups excluding carboxylic acids is 1. The Morgan fingerprint density at radius 2 is 1.67 bits per heavy atom. The summed E-state index contributed by atoms with van der Waals surface area (Å²) in [6, 6.07) is 25.2. The lowest BCUT2D eigenvalue weighted by Gasteiger charge is -2.07. The van der Waals surface area contributed by atoms with Gasteiger partial charge >= 0.3 is 0 Å². The van der Waals surface area contributed by atoms with Gasteiger partial charge in [0.25, 0.3) is 5.91 Å². The summed E-state index contributed by atoms with van der Waals surface area (Å²) < 4.78 is 6.98. The average Bonchev–Trinajstić information content (AvgIpc) is 3.26. The molecule has 150 valence electrons. The Hall–Kier alpha value is -3.86. The maximum atomic E-state index is 13.1. The minimum Gasteiger partial charge on any atom is -0.497 e. The molecule has 0 radical (unpaired) electrons. The van der Waals surface area contributed by atoms with Gasteiger partial charge in [-0.3, -0.25) is 4.79 Å². The number of anilines is 1. The standard InChI is InChI=1S/C25H23N3O2/c1-3-18-9-13-20(14-10-18)26-25(29)23-17-28(21-7-5-4-6-8-21)27-24(23)19-11-15-22(30-2)16-12-19/h4-17H,3H2,1-2H3,(H,26,29). The molecule has 5 nitrogen and oxygen atoms in total. The molecular formula is C25H23N3O2. The maximum absolute atomic E-state index is 13.1. The maximum Gasteiger partial charge on any atom is 0.259 e. The number of hydrogen-bond donors (Lipinski definition) is 1. The van der Waals surface area contributed by atoms with E-state index in [9.17, 15) is 4.79 Å². The molecule has 5 heteroatoms. The fourth-order valence-corrected chi connectivity index (χ4v) is 3.24. The number of ether oxygens (including phenoxy) is 1. The lowest BCUT2D eigenvalue weighted by Crippen LogP contribution is -2.12. The Morgan fingerprint density at radius 1 is 0.967 bits per heavy atom. The molecule has 0 aliphatic rings. The molecule has 30 heavy (non-hydrogen) atoms. The van der Waals surface area contributed by atoms with Crippen molar-refractivity contribution in [1.29, 1.82) is 0 Å². The van der Waals surface area contributed by atoms with E-state index in [0.29, 0.717) is 11.3 Å². The fraction of sp³-hybridized carbons (Fsp3) is 0.120. The number of methoxy groups -OCH3 is 1. The molecule has 0 atom stereocenters. The van der Waals surface area contributed by atoms with Gasteiger partial charge in [-0.05, 0) is 60.5 Å². The molecule has 0 aliphatic heterocycles. The van der Waals surface area contributed by atoms with Crippen LogP contribution in [0.2, 0.25) is 0 Å². The molecule has 0 bridgehead atoms. The van der Waals surface area contributed by atoms with Crippen molar-refractivity contribution in [3.05, 3.63) is 96.2 Å². The van der Waals surface area contributed by atoms with Crippen LogP contribution in [-0.2, 0) is 6.42 Å². The van der Waals surface area contributed by atoms with E-state index in [1.54, 1.807) is 18.0 Å². The highest BCUT2D eigenvalue weighted by molar-refractivity contribution is 6.08. The van der Waals surface area contributed by atoms with Crippen molar-refractivity contribution in [3.8, 4) is 22.7 Å². The Bertz CT molecular complexity index is 1130. The molecule has 4 rings (SSSR count). The van der Waals surface area contributed by atoms with Gasteiger partial charge in [-0.1, -0.05) is 37.3 Å². The number of amides is 1. The highest BCUT2D eigenvalue weighted by Gasteiger charge is 2.19. The first-order valence-corrected chi connectivity index (χ1v) is 9.87. The third-order valence-corrected chi connectivity index (χ3v) is 4.96. The summed E-state index contributed by atoms with van der Waals surface area (Å²) in [4.78, 5) is 13.1. The van der Waals surface area contributed by atoms with Crippen LogP contribution in [0.3, 0.4) is 0 Å². The van der Waals surface area contributed by atoms with E-state index in [1.807, 2.05) is 78.9 Å². The molecule has 1 amide bonds. The summed E-state index contributed by atoms with van der Waals surface area (Å²) in [5.74, 6) is 0.551. The Balaban J connectivity index is 1.71. The van der Waals surface area contributed by atoms with Gasteiger partial charge in [0.2, 0.25) is 0 Å². The van der Waals surface area contributed by atoms with Crippen LogP contribution in [0.1, 0.15) is 22.8 Å². The van der Waals surface area contributed by atoms with Crippen LogP contribution in [-0.4, -0.2) is 22.8 Å². The average molecular weight is 397 g/mol. The van der Waals surface area contributed by atoms with Crippen molar-refractivity contribution in [2.45, 2.75) is 13.3 Å². The second kappa shape index (κ2) is 8.66. The molecule has 1 heterocycles. The lowest BCUT2D eigenvalue weighted by molar-refractivity contribution is 0.102. The third-order valence-electron chi connectivity index (χ3n) is 4.96. The molecular weight excluding hydrogens is 374 g/mol. The zero-order chi connectivity index (χ0) is 20.9. The van der Waals surface area contributed by atoms with E-state index >= 15 is 0 Å². The number of benzene rings is 3. The largest absolute Gasteiger partial charge is 0.497 e. The van der Waals surface area contributed by atoms with E-state index in [1.165, 1.54) is 5.56 Å². The third kappa shape index (κ3) is 4.10. The van der Waals surface area contributed by atoms with E-state index in [-0.39, 0.29) is 5.91 Å². The van der Waals surface area contributed by atoms with Crippen LogP contribution >= 0.6 is 0 Å². The predicted molar refractivity (Wildman–Crippen MR) is 119 cm³/mol. The van der Waals surface area contributed by atoms with Gasteiger partial charge in [0.15, 0.2) is 0 Å². The van der Waals surface area contributed by atoms with Gasteiger partial charge in [0.05, 0.1) is 18.4 Å². The normalized spacial score (nSPS) is 10.6. The van der Waals surface area contributed by atoms with Gasteiger partial charge in [0.1, 0.15) is 11.4 Å². The van der Waals surface area contributed by atoms with Crippen molar-refractivity contribution in [1.82, 2.24) is 9.78 Å². The predicted octanol–water partition coefficient (Wildman–Crippen LogP) is 5.36. The molecule has 4 aromatic rings. The molecule has 1 N–H and O–H groups in total. The molecule has 0 saturated carbocycles. The topological polar surface area (TPSA) is 56.2 Å².